The van der Waals surface area contributed by atoms with Gasteiger partial charge in [-0.15, -0.1) is 0 Å². The average Bonchev–Trinajstić information content (AvgIpc) is 3.08. The number of para-hydroxylation sites is 1. The van der Waals surface area contributed by atoms with Crippen LogP contribution in [0.1, 0.15) is 43.9 Å². The number of nitrogens with zero attached hydrogens (tertiary/aromatic N) is 2. The molecule has 0 N–H and O–H groups in total. The van der Waals surface area contributed by atoms with Gasteiger partial charge in [0.05, 0.1) is 16.3 Å². The van der Waals surface area contributed by atoms with E-state index in [0.717, 1.165) is 16.9 Å². The van der Waals surface area contributed by atoms with E-state index in [4.69, 9.17) is 16.6 Å². The van der Waals surface area contributed by atoms with Crippen molar-refractivity contribution in [3.05, 3.63) is 95.6 Å². The van der Waals surface area contributed by atoms with Crippen molar-refractivity contribution in [3.8, 4) is 5.75 Å². The third-order valence-electron chi connectivity index (χ3n) is 6.10. The van der Waals surface area contributed by atoms with Crippen LogP contribution in [-0.4, -0.2) is 17.0 Å². The lowest BCUT2D eigenvalue weighted by Gasteiger charge is -2.35. The molecule has 1 aliphatic carbocycles. The molecule has 2 aliphatic rings. The number of ketones is 1. The summed E-state index contributed by atoms with van der Waals surface area (Å²) in [6, 6.07) is 12.7. The summed E-state index contributed by atoms with van der Waals surface area (Å²) in [4.78, 5) is 32.2. The molecule has 0 saturated heterocycles. The Balaban J connectivity index is 1.74. The number of benzene rings is 2. The van der Waals surface area contributed by atoms with Gasteiger partial charge in [-0.25, -0.2) is 4.99 Å². The van der Waals surface area contributed by atoms with Gasteiger partial charge in [0, 0.05) is 22.6 Å². The van der Waals surface area contributed by atoms with Crippen LogP contribution in [0.4, 0.5) is 8.78 Å². The zero-order chi connectivity index (χ0) is 24.9. The molecule has 0 amide bonds. The quantitative estimate of drug-likeness (QED) is 0.499. The highest BCUT2D eigenvalue weighted by atomic mass is 35.5. The van der Waals surface area contributed by atoms with Gasteiger partial charge in [-0.2, -0.15) is 8.78 Å². The van der Waals surface area contributed by atoms with Crippen LogP contribution in [0.15, 0.2) is 69.6 Å². The van der Waals surface area contributed by atoms with Crippen molar-refractivity contribution in [2.24, 2.45) is 10.4 Å². The molecule has 1 aromatic heterocycles. The highest BCUT2D eigenvalue weighted by Gasteiger charge is 2.40. The number of thiazole rings is 1. The molecule has 0 fully saturated rings. The number of Topliss-reactive ketones (excluding diaryl/α,β-unsaturated/α-hetero) is 1. The minimum Gasteiger partial charge on any atom is -0.434 e. The molecule has 0 radical (unpaired) electrons. The third kappa shape index (κ3) is 4.48. The molecule has 5 rings (SSSR count). The number of ether oxygens (including phenoxy) is 1. The second kappa shape index (κ2) is 8.84. The minimum absolute atomic E-state index is 0.0289. The Labute approximate surface area is 208 Å². The predicted molar refractivity (Wildman–Crippen MR) is 131 cm³/mol. The van der Waals surface area contributed by atoms with Gasteiger partial charge in [-0.3, -0.25) is 14.2 Å². The molecule has 3 aromatic rings. The molecule has 2 aromatic carbocycles. The average molecular weight is 515 g/mol. The van der Waals surface area contributed by atoms with Crippen LogP contribution in [0.5, 0.6) is 5.75 Å². The van der Waals surface area contributed by atoms with Crippen molar-refractivity contribution in [1.29, 1.82) is 0 Å². The first kappa shape index (κ1) is 23.6. The van der Waals surface area contributed by atoms with Gasteiger partial charge in [0.25, 0.3) is 5.56 Å². The zero-order valence-electron chi connectivity index (χ0n) is 18.9. The molecular weight excluding hydrogens is 494 g/mol. The number of allylic oxidation sites excluding steroid dienone is 2. The predicted octanol–water partition coefficient (Wildman–Crippen LogP) is 4.86. The van der Waals surface area contributed by atoms with Gasteiger partial charge in [-0.05, 0) is 41.7 Å². The topological polar surface area (TPSA) is 60.7 Å². The number of rotatable bonds is 4. The fourth-order valence-corrected chi connectivity index (χ4v) is 5.79. The molecule has 1 atom stereocenters. The molecule has 0 bridgehead atoms. The highest BCUT2D eigenvalue weighted by Crippen LogP contribution is 2.43. The van der Waals surface area contributed by atoms with Crippen molar-refractivity contribution in [1.82, 2.24) is 4.57 Å². The van der Waals surface area contributed by atoms with Crippen LogP contribution in [0.3, 0.4) is 0 Å². The monoisotopic (exact) mass is 514 g/mol. The molecule has 180 valence electrons. The third-order valence-corrected chi connectivity index (χ3v) is 7.34. The van der Waals surface area contributed by atoms with Crippen LogP contribution >= 0.6 is 22.9 Å². The van der Waals surface area contributed by atoms with E-state index in [1.165, 1.54) is 16.7 Å². The van der Waals surface area contributed by atoms with E-state index in [1.54, 1.807) is 42.5 Å². The number of hydrogen-bond donors (Lipinski definition) is 0. The number of hydrogen-bond acceptors (Lipinski definition) is 5. The Bertz CT molecular complexity index is 1540. The number of fused-ring (bicyclic) bond motifs is 1. The summed E-state index contributed by atoms with van der Waals surface area (Å²) in [7, 11) is 0. The Morgan fingerprint density at radius 3 is 2.57 bits per heavy atom. The first-order chi connectivity index (χ1) is 16.6. The largest absolute Gasteiger partial charge is 0.434 e. The second-order valence-electron chi connectivity index (χ2n) is 9.35. The lowest BCUT2D eigenvalue weighted by atomic mass is 9.73. The minimum atomic E-state index is -2.99. The van der Waals surface area contributed by atoms with Gasteiger partial charge in [0.15, 0.2) is 10.6 Å². The van der Waals surface area contributed by atoms with Crippen LogP contribution in [-0.2, 0) is 4.79 Å². The molecule has 0 spiro atoms. The van der Waals surface area contributed by atoms with Gasteiger partial charge >= 0.3 is 6.61 Å². The first-order valence-corrected chi connectivity index (χ1v) is 12.2. The van der Waals surface area contributed by atoms with Crippen molar-refractivity contribution in [2.45, 2.75) is 39.3 Å². The van der Waals surface area contributed by atoms with E-state index in [-0.39, 0.29) is 22.5 Å². The van der Waals surface area contributed by atoms with E-state index >= 15 is 0 Å². The highest BCUT2D eigenvalue weighted by molar-refractivity contribution is 7.07. The summed E-state index contributed by atoms with van der Waals surface area (Å²) < 4.78 is 32.2. The van der Waals surface area contributed by atoms with E-state index in [2.05, 4.69) is 4.74 Å². The summed E-state index contributed by atoms with van der Waals surface area (Å²) in [6.07, 6.45) is 2.49. The van der Waals surface area contributed by atoms with Gasteiger partial charge in [0.1, 0.15) is 5.75 Å². The van der Waals surface area contributed by atoms with Gasteiger partial charge in [0.2, 0.25) is 0 Å². The normalized spacial score (nSPS) is 19.4. The van der Waals surface area contributed by atoms with Crippen molar-refractivity contribution in [2.75, 3.05) is 0 Å². The lowest BCUT2D eigenvalue weighted by Crippen LogP contribution is -2.42. The number of aromatic nitrogens is 1. The molecule has 1 unspecified atom stereocenters. The zero-order valence-corrected chi connectivity index (χ0v) is 20.5. The van der Waals surface area contributed by atoms with Crippen LogP contribution < -0.4 is 19.6 Å². The Morgan fingerprint density at radius 2 is 1.86 bits per heavy atom. The summed E-state index contributed by atoms with van der Waals surface area (Å²) >= 11 is 7.25. The first-order valence-electron chi connectivity index (χ1n) is 11.0. The van der Waals surface area contributed by atoms with Gasteiger partial charge in [-0.1, -0.05) is 67.1 Å². The van der Waals surface area contributed by atoms with Crippen LogP contribution in [0.25, 0.3) is 6.08 Å². The number of halogens is 3. The lowest BCUT2D eigenvalue weighted by molar-refractivity contribution is -0.118. The van der Waals surface area contributed by atoms with E-state index in [1.807, 2.05) is 13.8 Å². The second-order valence-corrected chi connectivity index (χ2v) is 10.8. The Kier molecular flexibility index (Phi) is 5.97. The summed E-state index contributed by atoms with van der Waals surface area (Å²) in [5, 5.41) is 0.544. The molecular formula is C26H21ClF2N2O3S. The Morgan fingerprint density at radius 1 is 1.14 bits per heavy atom. The van der Waals surface area contributed by atoms with Crippen LogP contribution in [0, 0.1) is 5.41 Å². The van der Waals surface area contributed by atoms with Gasteiger partial charge < -0.3 is 4.74 Å². The maximum absolute atomic E-state index is 13.6. The SMILES string of the molecule is CC1(C)CC(=O)C2=C(C1)N=c1sc(=Cc3ccccc3OC(F)F)c(=O)n1C2c1ccc(Cl)cc1. The molecule has 5 nitrogen and oxygen atoms in total. The number of alkyl halides is 2. The maximum atomic E-state index is 13.6. The van der Waals surface area contributed by atoms with Crippen molar-refractivity contribution >= 4 is 34.8 Å². The fraction of sp³-hybridized carbons (Fsp3) is 0.269. The molecule has 9 heteroatoms. The smallest absolute Gasteiger partial charge is 0.387 e. The fourth-order valence-electron chi connectivity index (χ4n) is 4.65. The molecule has 2 heterocycles. The molecule has 35 heavy (non-hydrogen) atoms. The summed E-state index contributed by atoms with van der Waals surface area (Å²) in [5.74, 6) is -0.0660. The van der Waals surface area contributed by atoms with E-state index in [9.17, 15) is 18.4 Å². The Hall–Kier alpha value is -3.10. The summed E-state index contributed by atoms with van der Waals surface area (Å²) in [6.45, 7) is 1.06. The van der Waals surface area contributed by atoms with E-state index in [0.29, 0.717) is 44.0 Å². The van der Waals surface area contributed by atoms with Crippen molar-refractivity contribution in [3.63, 3.8) is 0 Å². The molecule has 1 aliphatic heterocycles. The summed E-state index contributed by atoms with van der Waals surface area (Å²) in [5.41, 5.74) is 1.70. The molecule has 0 saturated carbocycles. The number of carbonyl (C=O) groups excluding carboxylic acids is 1. The van der Waals surface area contributed by atoms with Crippen LogP contribution in [0.2, 0.25) is 5.02 Å². The van der Waals surface area contributed by atoms with Crippen molar-refractivity contribution < 1.29 is 18.3 Å². The number of carbonyl (C=O) groups is 1. The van der Waals surface area contributed by atoms with E-state index < -0.39 is 12.7 Å². The standard InChI is InChI=1S/C26H21ClF2N2O3S/c1-26(2)12-17-21(18(32)13-26)22(14-7-9-16(27)10-8-14)31-23(33)20(35-25(31)30-17)11-15-5-3-4-6-19(15)34-24(28)29/h3-11,22,24H,12-13H2,1-2H3. The maximum Gasteiger partial charge on any atom is 0.387 e.